The number of esters is 1. The summed E-state index contributed by atoms with van der Waals surface area (Å²) in [5.41, 5.74) is 0. The van der Waals surface area contributed by atoms with Gasteiger partial charge in [0.25, 0.3) is 0 Å². The van der Waals surface area contributed by atoms with Gasteiger partial charge in [0.05, 0.1) is 26.2 Å². The average molecular weight is 239 g/mol. The van der Waals surface area contributed by atoms with Crippen molar-refractivity contribution in [3.05, 3.63) is 12.2 Å². The first-order valence-corrected chi connectivity index (χ1v) is 6.38. The molecule has 1 aliphatic heterocycles. The number of allylic oxidation sites excluding steroid dienone is 1. The Labute approximate surface area is 103 Å². The average Bonchev–Trinajstić information content (AvgIpc) is 2.40. The van der Waals surface area contributed by atoms with Gasteiger partial charge in [-0.1, -0.05) is 12.2 Å². The molecule has 0 saturated carbocycles. The molecule has 0 radical (unpaired) electrons. The summed E-state index contributed by atoms with van der Waals surface area (Å²) < 4.78 is 10.3. The zero-order chi connectivity index (χ0) is 12.1. The molecule has 17 heavy (non-hydrogen) atoms. The van der Waals surface area contributed by atoms with Gasteiger partial charge in [0.1, 0.15) is 0 Å². The van der Waals surface area contributed by atoms with E-state index in [9.17, 15) is 4.79 Å². The number of rotatable bonds is 3. The second-order valence-electron chi connectivity index (χ2n) is 4.69. The fraction of sp³-hybridized carbons (Fsp3) is 0.769. The molecule has 1 fully saturated rings. The molecule has 0 spiro atoms. The molecule has 0 aromatic carbocycles. The summed E-state index contributed by atoms with van der Waals surface area (Å²) in [5.74, 6) is -0.184. The zero-order valence-electron chi connectivity index (χ0n) is 10.4. The van der Waals surface area contributed by atoms with E-state index >= 15 is 0 Å². The third kappa shape index (κ3) is 3.54. The highest BCUT2D eigenvalue weighted by molar-refractivity contribution is 5.69. The van der Waals surface area contributed by atoms with Crippen LogP contribution in [0.3, 0.4) is 0 Å². The smallest absolute Gasteiger partial charge is 0.308 e. The molecule has 4 heteroatoms. The maximum Gasteiger partial charge on any atom is 0.308 e. The number of methoxy groups -OCH3 is 1. The Hall–Kier alpha value is -0.870. The monoisotopic (exact) mass is 239 g/mol. The summed E-state index contributed by atoms with van der Waals surface area (Å²) >= 11 is 0. The Bertz CT molecular complexity index is 290. The minimum Gasteiger partial charge on any atom is -0.469 e. The van der Waals surface area contributed by atoms with Crippen LogP contribution in [0.5, 0.6) is 0 Å². The van der Waals surface area contributed by atoms with Crippen molar-refractivity contribution >= 4 is 5.97 Å². The maximum absolute atomic E-state index is 11.2. The van der Waals surface area contributed by atoms with Gasteiger partial charge in [-0.2, -0.15) is 0 Å². The number of hydrogen-bond donors (Lipinski definition) is 0. The minimum atomic E-state index is -0.184. The van der Waals surface area contributed by atoms with Gasteiger partial charge in [-0.25, -0.2) is 0 Å². The van der Waals surface area contributed by atoms with Crippen LogP contribution in [-0.4, -0.2) is 49.8 Å². The molecule has 0 aromatic rings. The van der Waals surface area contributed by atoms with Gasteiger partial charge in [-0.05, 0) is 19.3 Å². The molecule has 0 amide bonds. The molecule has 0 aromatic heterocycles. The highest BCUT2D eigenvalue weighted by atomic mass is 16.5. The van der Waals surface area contributed by atoms with Crippen molar-refractivity contribution in [2.45, 2.75) is 37.8 Å². The molecule has 96 valence electrons. The topological polar surface area (TPSA) is 38.8 Å². The van der Waals surface area contributed by atoms with Crippen LogP contribution in [0, 0.1) is 0 Å². The van der Waals surface area contributed by atoms with Crippen LogP contribution in [0.25, 0.3) is 0 Å². The van der Waals surface area contributed by atoms with Gasteiger partial charge in [-0.3, -0.25) is 9.69 Å². The van der Waals surface area contributed by atoms with Crippen LogP contribution < -0.4 is 0 Å². The van der Waals surface area contributed by atoms with Gasteiger partial charge in [-0.15, -0.1) is 0 Å². The molecule has 2 aliphatic rings. The predicted octanol–water partition coefficient (Wildman–Crippen LogP) is 1.36. The minimum absolute atomic E-state index is 0.00785. The van der Waals surface area contributed by atoms with Gasteiger partial charge in [0, 0.05) is 19.1 Å². The molecule has 1 aliphatic carbocycles. The van der Waals surface area contributed by atoms with Crippen LogP contribution in [0.4, 0.5) is 0 Å². The molecular formula is C13H21NO3. The Balaban J connectivity index is 1.85. The highest BCUT2D eigenvalue weighted by Crippen LogP contribution is 2.20. The van der Waals surface area contributed by atoms with Gasteiger partial charge < -0.3 is 9.47 Å². The molecule has 4 nitrogen and oxygen atoms in total. The lowest BCUT2D eigenvalue weighted by Crippen LogP contribution is -2.48. The van der Waals surface area contributed by atoms with Crippen molar-refractivity contribution in [2.75, 3.05) is 26.8 Å². The highest BCUT2D eigenvalue weighted by Gasteiger charge is 2.27. The summed E-state index contributed by atoms with van der Waals surface area (Å²) in [4.78, 5) is 13.7. The first kappa shape index (κ1) is 12.6. The first-order chi connectivity index (χ1) is 8.29. The Morgan fingerprint density at radius 2 is 2.47 bits per heavy atom. The van der Waals surface area contributed by atoms with E-state index in [0.29, 0.717) is 19.1 Å². The summed E-state index contributed by atoms with van der Waals surface area (Å²) in [6.07, 6.45) is 8.60. The van der Waals surface area contributed by atoms with E-state index in [2.05, 4.69) is 21.8 Å². The molecule has 1 heterocycles. The van der Waals surface area contributed by atoms with E-state index in [-0.39, 0.29) is 12.1 Å². The molecule has 0 N–H and O–H groups in total. The van der Waals surface area contributed by atoms with E-state index in [1.54, 1.807) is 0 Å². The van der Waals surface area contributed by atoms with E-state index in [1.807, 2.05) is 0 Å². The lowest BCUT2D eigenvalue weighted by Gasteiger charge is -2.37. The normalized spacial score (nSPS) is 30.2. The standard InChI is InChI=1S/C13H21NO3/c1-16-13(15)9-12-10-14(7-8-17-12)11-5-3-2-4-6-11/h3,5,11-12H,2,4,6-10H2,1H3/t11-,12+/m1/s1. The van der Waals surface area contributed by atoms with Gasteiger partial charge >= 0.3 is 5.97 Å². The van der Waals surface area contributed by atoms with Crippen molar-refractivity contribution in [3.8, 4) is 0 Å². The second-order valence-corrected chi connectivity index (χ2v) is 4.69. The second kappa shape index (κ2) is 6.17. The van der Waals surface area contributed by atoms with Crippen molar-refractivity contribution in [1.29, 1.82) is 0 Å². The SMILES string of the molecule is COC(=O)C[C@H]1CN([C@@H]2C=CCCC2)CCO1. The van der Waals surface area contributed by atoms with Crippen molar-refractivity contribution < 1.29 is 14.3 Å². The van der Waals surface area contributed by atoms with Gasteiger partial charge in [0.2, 0.25) is 0 Å². The molecule has 0 unspecified atom stereocenters. The summed E-state index contributed by atoms with van der Waals surface area (Å²) in [6.45, 7) is 2.52. The van der Waals surface area contributed by atoms with Gasteiger partial charge in [0.15, 0.2) is 0 Å². The Morgan fingerprint density at radius 3 is 3.18 bits per heavy atom. The number of morpholine rings is 1. The largest absolute Gasteiger partial charge is 0.469 e. The Morgan fingerprint density at radius 1 is 1.59 bits per heavy atom. The number of carbonyl (C=O) groups excluding carboxylic acids is 1. The van der Waals surface area contributed by atoms with E-state index in [0.717, 1.165) is 13.1 Å². The predicted molar refractivity (Wildman–Crippen MR) is 64.7 cm³/mol. The van der Waals surface area contributed by atoms with E-state index in [1.165, 1.54) is 26.4 Å². The molecular weight excluding hydrogens is 218 g/mol. The lowest BCUT2D eigenvalue weighted by atomic mass is 10.0. The molecule has 0 bridgehead atoms. The molecule has 1 saturated heterocycles. The van der Waals surface area contributed by atoms with Crippen LogP contribution >= 0.6 is 0 Å². The third-order valence-corrected chi connectivity index (χ3v) is 3.49. The molecule has 2 rings (SSSR count). The van der Waals surface area contributed by atoms with E-state index in [4.69, 9.17) is 4.74 Å². The number of carbonyl (C=O) groups is 1. The van der Waals surface area contributed by atoms with Crippen LogP contribution in [0.2, 0.25) is 0 Å². The first-order valence-electron chi connectivity index (χ1n) is 6.38. The fourth-order valence-corrected chi connectivity index (χ4v) is 2.53. The quantitative estimate of drug-likeness (QED) is 0.550. The Kier molecular flexibility index (Phi) is 4.57. The zero-order valence-corrected chi connectivity index (χ0v) is 10.4. The van der Waals surface area contributed by atoms with Crippen molar-refractivity contribution in [2.24, 2.45) is 0 Å². The number of nitrogens with zero attached hydrogens (tertiary/aromatic N) is 1. The number of hydrogen-bond acceptors (Lipinski definition) is 4. The summed E-state index contributed by atoms with van der Waals surface area (Å²) in [6, 6.07) is 0.535. The van der Waals surface area contributed by atoms with E-state index < -0.39 is 0 Å². The lowest BCUT2D eigenvalue weighted by molar-refractivity contribution is -0.146. The summed E-state index contributed by atoms with van der Waals surface area (Å²) in [7, 11) is 1.42. The third-order valence-electron chi connectivity index (χ3n) is 3.49. The van der Waals surface area contributed by atoms with Crippen molar-refractivity contribution in [3.63, 3.8) is 0 Å². The number of ether oxygens (including phenoxy) is 2. The fourth-order valence-electron chi connectivity index (χ4n) is 2.53. The van der Waals surface area contributed by atoms with Crippen LogP contribution in [0.15, 0.2) is 12.2 Å². The van der Waals surface area contributed by atoms with Crippen LogP contribution in [0.1, 0.15) is 25.7 Å². The maximum atomic E-state index is 11.2. The van der Waals surface area contributed by atoms with Crippen molar-refractivity contribution in [1.82, 2.24) is 4.90 Å². The van der Waals surface area contributed by atoms with Crippen LogP contribution in [-0.2, 0) is 14.3 Å². The summed E-state index contributed by atoms with van der Waals surface area (Å²) in [5, 5.41) is 0. The molecule has 2 atom stereocenters.